The molecule has 0 aromatic heterocycles. The summed E-state index contributed by atoms with van der Waals surface area (Å²) in [5.74, 6) is -0.0220. The molecule has 0 saturated heterocycles. The first-order valence-electron chi connectivity index (χ1n) is 7.22. The summed E-state index contributed by atoms with van der Waals surface area (Å²) in [6, 6.07) is 9.48. The molecule has 1 aliphatic carbocycles. The first-order chi connectivity index (χ1) is 9.15. The Balaban J connectivity index is 1.77. The van der Waals surface area contributed by atoms with Gasteiger partial charge in [-0.1, -0.05) is 43.7 Å². The summed E-state index contributed by atoms with van der Waals surface area (Å²) in [7, 11) is 0. The van der Waals surface area contributed by atoms with Gasteiger partial charge in [0.05, 0.1) is 6.04 Å². The van der Waals surface area contributed by atoms with Gasteiger partial charge in [0.25, 0.3) is 0 Å². The lowest BCUT2D eigenvalue weighted by atomic mass is 10.0. The van der Waals surface area contributed by atoms with E-state index in [4.69, 9.17) is 5.73 Å². The smallest absolute Gasteiger partial charge is 0.237 e. The Morgan fingerprint density at radius 2 is 2.05 bits per heavy atom. The highest BCUT2D eigenvalue weighted by Gasteiger charge is 2.41. The van der Waals surface area contributed by atoms with Crippen LogP contribution in [0.3, 0.4) is 0 Å². The van der Waals surface area contributed by atoms with Crippen LogP contribution in [-0.2, 0) is 11.2 Å². The molecule has 0 aliphatic heterocycles. The Kier molecular flexibility index (Phi) is 4.59. The maximum atomic E-state index is 12.0. The zero-order valence-corrected chi connectivity index (χ0v) is 11.7. The van der Waals surface area contributed by atoms with E-state index in [0.717, 1.165) is 12.1 Å². The molecule has 1 aromatic carbocycles. The van der Waals surface area contributed by atoms with Crippen molar-refractivity contribution in [3.8, 4) is 0 Å². The topological polar surface area (TPSA) is 55.1 Å². The number of amides is 1. The second-order valence-electron chi connectivity index (χ2n) is 5.76. The Bertz CT molecular complexity index is 412. The third-order valence-corrected chi connectivity index (χ3v) is 4.01. The number of carbonyl (C=O) groups excluding carboxylic acids is 1. The van der Waals surface area contributed by atoms with Crippen LogP contribution in [0.25, 0.3) is 0 Å². The predicted octanol–water partition coefficient (Wildman–Crippen LogP) is 2.25. The summed E-state index contributed by atoms with van der Waals surface area (Å²) in [6.45, 7) is 2.99. The molecule has 1 saturated carbocycles. The van der Waals surface area contributed by atoms with E-state index in [9.17, 15) is 4.79 Å². The van der Waals surface area contributed by atoms with E-state index in [1.54, 1.807) is 0 Å². The van der Waals surface area contributed by atoms with Crippen molar-refractivity contribution in [2.75, 3.05) is 6.54 Å². The molecular weight excluding hydrogens is 236 g/mol. The molecular formula is C16H24N2O. The lowest BCUT2D eigenvalue weighted by Gasteiger charge is -2.17. The van der Waals surface area contributed by atoms with Gasteiger partial charge in [0, 0.05) is 6.54 Å². The van der Waals surface area contributed by atoms with Gasteiger partial charge < -0.3 is 11.1 Å². The van der Waals surface area contributed by atoms with E-state index in [-0.39, 0.29) is 5.91 Å². The number of carbonyl (C=O) groups is 1. The molecule has 104 valence electrons. The van der Waals surface area contributed by atoms with E-state index >= 15 is 0 Å². The third kappa shape index (κ3) is 4.06. The SMILES string of the molecule is CCCC1(CNC(=O)C(N)Cc2ccccc2)CC1. The van der Waals surface area contributed by atoms with Crippen LogP contribution in [0.1, 0.15) is 38.2 Å². The van der Waals surface area contributed by atoms with Crippen LogP contribution in [0.5, 0.6) is 0 Å². The van der Waals surface area contributed by atoms with Crippen molar-refractivity contribution in [3.05, 3.63) is 35.9 Å². The van der Waals surface area contributed by atoms with Crippen LogP contribution in [-0.4, -0.2) is 18.5 Å². The second-order valence-corrected chi connectivity index (χ2v) is 5.76. The molecule has 1 atom stereocenters. The van der Waals surface area contributed by atoms with E-state index in [0.29, 0.717) is 11.8 Å². The molecule has 3 N–H and O–H groups in total. The number of benzene rings is 1. The van der Waals surface area contributed by atoms with Gasteiger partial charge in [-0.15, -0.1) is 0 Å². The first-order valence-corrected chi connectivity index (χ1v) is 7.22. The first kappa shape index (κ1) is 14.1. The minimum atomic E-state index is -0.445. The van der Waals surface area contributed by atoms with Crippen molar-refractivity contribution in [1.82, 2.24) is 5.32 Å². The number of hydrogen-bond acceptors (Lipinski definition) is 2. The Labute approximate surface area is 115 Å². The summed E-state index contributed by atoms with van der Waals surface area (Å²) in [5.41, 5.74) is 7.46. The van der Waals surface area contributed by atoms with Gasteiger partial charge in [0.15, 0.2) is 0 Å². The van der Waals surface area contributed by atoms with E-state index in [1.807, 2.05) is 30.3 Å². The zero-order valence-electron chi connectivity index (χ0n) is 11.7. The van der Waals surface area contributed by atoms with Crippen molar-refractivity contribution in [1.29, 1.82) is 0 Å². The standard InChI is InChI=1S/C16H24N2O/c1-2-8-16(9-10-16)12-18-15(19)14(17)11-13-6-4-3-5-7-13/h3-7,14H,2,8-12,17H2,1H3,(H,18,19). The highest BCUT2D eigenvalue weighted by atomic mass is 16.2. The Hall–Kier alpha value is -1.35. The van der Waals surface area contributed by atoms with Crippen molar-refractivity contribution in [2.45, 2.75) is 45.1 Å². The Morgan fingerprint density at radius 1 is 1.37 bits per heavy atom. The minimum absolute atomic E-state index is 0.0220. The van der Waals surface area contributed by atoms with Crippen molar-refractivity contribution in [2.24, 2.45) is 11.1 Å². The largest absolute Gasteiger partial charge is 0.354 e. The maximum Gasteiger partial charge on any atom is 0.237 e. The third-order valence-electron chi connectivity index (χ3n) is 4.01. The average molecular weight is 260 g/mol. The predicted molar refractivity (Wildman–Crippen MR) is 77.7 cm³/mol. The maximum absolute atomic E-state index is 12.0. The molecule has 1 unspecified atom stereocenters. The summed E-state index contributed by atoms with van der Waals surface area (Å²) < 4.78 is 0. The molecule has 0 bridgehead atoms. The van der Waals surface area contributed by atoms with Gasteiger partial charge in [-0.05, 0) is 36.7 Å². The summed E-state index contributed by atoms with van der Waals surface area (Å²) >= 11 is 0. The number of nitrogens with one attached hydrogen (secondary N) is 1. The lowest BCUT2D eigenvalue weighted by molar-refractivity contribution is -0.122. The van der Waals surface area contributed by atoms with Crippen molar-refractivity contribution >= 4 is 5.91 Å². The molecule has 0 spiro atoms. The number of hydrogen-bond donors (Lipinski definition) is 2. The van der Waals surface area contributed by atoms with Gasteiger partial charge in [0.2, 0.25) is 5.91 Å². The second kappa shape index (κ2) is 6.20. The molecule has 3 heteroatoms. The molecule has 3 nitrogen and oxygen atoms in total. The fraction of sp³-hybridized carbons (Fsp3) is 0.562. The normalized spacial score (nSPS) is 17.8. The number of nitrogens with two attached hydrogens (primary N) is 1. The van der Waals surface area contributed by atoms with Gasteiger partial charge in [0.1, 0.15) is 0 Å². The quantitative estimate of drug-likeness (QED) is 0.790. The van der Waals surface area contributed by atoms with E-state index < -0.39 is 6.04 Å². The molecule has 0 radical (unpaired) electrons. The fourth-order valence-corrected chi connectivity index (χ4v) is 2.59. The molecule has 1 amide bonds. The number of rotatable bonds is 7. The molecule has 0 heterocycles. The van der Waals surface area contributed by atoms with Crippen LogP contribution in [0.15, 0.2) is 30.3 Å². The molecule has 19 heavy (non-hydrogen) atoms. The van der Waals surface area contributed by atoms with Gasteiger partial charge in [-0.2, -0.15) is 0 Å². The Morgan fingerprint density at radius 3 is 2.63 bits per heavy atom. The minimum Gasteiger partial charge on any atom is -0.354 e. The monoisotopic (exact) mass is 260 g/mol. The van der Waals surface area contributed by atoms with E-state index in [1.165, 1.54) is 25.7 Å². The zero-order chi connectivity index (χ0) is 13.7. The molecule has 1 aliphatic rings. The average Bonchev–Trinajstić information content (AvgIpc) is 3.18. The summed E-state index contributed by atoms with van der Waals surface area (Å²) in [6.07, 6.45) is 5.49. The van der Waals surface area contributed by atoms with Crippen LogP contribution < -0.4 is 11.1 Å². The van der Waals surface area contributed by atoms with Gasteiger partial charge >= 0.3 is 0 Å². The summed E-state index contributed by atoms with van der Waals surface area (Å²) in [4.78, 5) is 12.0. The van der Waals surface area contributed by atoms with Crippen LogP contribution in [0.2, 0.25) is 0 Å². The molecule has 2 rings (SSSR count). The van der Waals surface area contributed by atoms with Crippen LogP contribution >= 0.6 is 0 Å². The highest BCUT2D eigenvalue weighted by molar-refractivity contribution is 5.81. The van der Waals surface area contributed by atoms with Crippen molar-refractivity contribution in [3.63, 3.8) is 0 Å². The highest BCUT2D eigenvalue weighted by Crippen LogP contribution is 2.48. The summed E-state index contributed by atoms with van der Waals surface area (Å²) in [5, 5.41) is 3.03. The molecule has 1 aromatic rings. The van der Waals surface area contributed by atoms with Crippen LogP contribution in [0.4, 0.5) is 0 Å². The lowest BCUT2D eigenvalue weighted by Crippen LogP contribution is -2.44. The van der Waals surface area contributed by atoms with Gasteiger partial charge in [-0.25, -0.2) is 0 Å². The van der Waals surface area contributed by atoms with E-state index in [2.05, 4.69) is 12.2 Å². The van der Waals surface area contributed by atoms with Crippen molar-refractivity contribution < 1.29 is 4.79 Å². The molecule has 1 fully saturated rings. The fourth-order valence-electron chi connectivity index (χ4n) is 2.59. The van der Waals surface area contributed by atoms with Gasteiger partial charge in [-0.3, -0.25) is 4.79 Å². The van der Waals surface area contributed by atoms with Crippen LogP contribution in [0, 0.1) is 5.41 Å².